The Kier molecular flexibility index (Phi) is 27.4. The van der Waals surface area contributed by atoms with Crippen molar-refractivity contribution in [1.29, 1.82) is 0 Å². The lowest BCUT2D eigenvalue weighted by Gasteiger charge is -2.39. The standard InChI is InChI=1S/C40H49N3O2.C35H36N3O5P.C27H29N3O3/c1-6-34-35(28-18-20-31(21-19-28)42(4)5)43(38(45)29-16-10-7-11-17-29)37(41-34)30-26-32(39(2)22-12-8-13-23-39)36(44)33(27-30)40(3)24-14-9-15-25-40;1-5-32-33(24-14-16-28(17-15-24)38(6-2)7-3)37(4)35(36-32)27-20-30(25-11-8-10-23(18-25)22-39)34(40)31(21-27)26-12-9-13-29(19-26)44(41,42)43;1-30(2)21-13-11-19(12-14-21)25-22(15-10-18-8-6-5-7-9-18)28-27(29-25)20-16-23(32-3)26(31)24(17-20)33-4/h7,10-11,16-21,26-27,44H,6,8-9,12-15,22-25H2,1-5H3;8-22,40H,5-7H2,1-4H3,(H2,41,42,43);5-9,11-14,16-17,31H,10,15H2,1-4H3,(H,28,29). The van der Waals surface area contributed by atoms with Crippen molar-refractivity contribution >= 4 is 42.2 Å². The molecule has 122 heavy (non-hydrogen) atoms. The fraction of sp³-hybridized carbons (Fsp3) is 0.304. The lowest BCUT2D eigenvalue weighted by Crippen LogP contribution is -2.29. The van der Waals surface area contributed by atoms with Gasteiger partial charge in [-0.05, 0) is 196 Å². The second-order valence-electron chi connectivity index (χ2n) is 32.9. The number of aromatic amines is 1. The van der Waals surface area contributed by atoms with E-state index in [9.17, 15) is 39.3 Å². The number of aldehydes is 1. The molecule has 19 nitrogen and oxygen atoms in total. The SMILES string of the molecule is CCc1nc(-c2cc(-c3cccc(C=O)c3)c(O)c(-c3cccc(P(=O)(O)O)c3)c2)n(C)c1-c1ccc(N(CC)CC)cc1.CCc1nc(-c2cc(C3(C)CCCCC3)c(O)c(C3(C)CCCCC3)c2)n(C(=O)c2ccccc2)c1-c1ccc(N(C)C)cc1.COc1cc(-c2nc(-c3ccc(N(C)C)cc3)c(CCc3ccccc3)[nH]2)cc(OC)c1O. The number of methoxy groups -OCH3 is 2. The van der Waals surface area contributed by atoms with E-state index in [1.54, 1.807) is 54.6 Å². The van der Waals surface area contributed by atoms with E-state index < -0.39 is 7.60 Å². The number of benzene rings is 10. The first-order chi connectivity index (χ1) is 58.7. The maximum absolute atomic E-state index is 14.6. The second kappa shape index (κ2) is 38.2. The minimum absolute atomic E-state index is 0.0286. The van der Waals surface area contributed by atoms with E-state index >= 15 is 0 Å². The van der Waals surface area contributed by atoms with Crippen LogP contribution in [0.5, 0.6) is 28.7 Å². The maximum atomic E-state index is 14.6. The van der Waals surface area contributed by atoms with Crippen LogP contribution < -0.4 is 29.5 Å². The number of hydrogen-bond acceptors (Lipinski definition) is 14. The molecule has 10 aromatic carbocycles. The van der Waals surface area contributed by atoms with Gasteiger partial charge in [0.05, 0.1) is 48.0 Å². The molecule has 2 fully saturated rings. The molecule has 2 aliphatic carbocycles. The summed E-state index contributed by atoms with van der Waals surface area (Å²) < 4.78 is 26.6. The molecule has 13 aromatic rings. The van der Waals surface area contributed by atoms with Gasteiger partial charge in [0.1, 0.15) is 35.3 Å². The second-order valence-corrected chi connectivity index (χ2v) is 34.5. The van der Waals surface area contributed by atoms with Crippen molar-refractivity contribution < 1.29 is 48.7 Å². The molecule has 3 heterocycles. The number of aromatic nitrogens is 6. The van der Waals surface area contributed by atoms with Crippen LogP contribution >= 0.6 is 7.60 Å². The van der Waals surface area contributed by atoms with Gasteiger partial charge < -0.3 is 58.8 Å². The van der Waals surface area contributed by atoms with Gasteiger partial charge in [-0.15, -0.1) is 0 Å². The third kappa shape index (κ3) is 18.9. The maximum Gasteiger partial charge on any atom is 0.356 e. The Hall–Kier alpha value is -12.3. The Bertz CT molecular complexity index is 5800. The third-order valence-corrected chi connectivity index (χ3v) is 25.4. The molecule has 632 valence electrons. The van der Waals surface area contributed by atoms with Crippen LogP contribution in [0.3, 0.4) is 0 Å². The zero-order chi connectivity index (χ0) is 86.7. The number of anilines is 3. The summed E-state index contributed by atoms with van der Waals surface area (Å²) in [5.74, 6) is 2.98. The van der Waals surface area contributed by atoms with E-state index in [-0.39, 0.29) is 33.5 Å². The molecule has 3 aromatic heterocycles. The van der Waals surface area contributed by atoms with Crippen molar-refractivity contribution in [3.63, 3.8) is 0 Å². The summed E-state index contributed by atoms with van der Waals surface area (Å²) in [5.41, 5.74) is 20.5. The molecule has 0 aliphatic heterocycles. The van der Waals surface area contributed by atoms with Crippen LogP contribution in [0.25, 0.3) is 90.2 Å². The molecule has 20 heteroatoms. The van der Waals surface area contributed by atoms with E-state index in [1.165, 1.54) is 70.4 Å². The largest absolute Gasteiger partial charge is 0.507 e. The van der Waals surface area contributed by atoms with Crippen LogP contribution in [-0.2, 0) is 48.1 Å². The minimum atomic E-state index is -4.53. The highest BCUT2D eigenvalue weighted by molar-refractivity contribution is 7.60. The average molecular weight is 1660 g/mol. The van der Waals surface area contributed by atoms with E-state index in [0.717, 1.165) is 148 Å². The molecule has 0 spiro atoms. The summed E-state index contributed by atoms with van der Waals surface area (Å²) >= 11 is 0. The molecular formula is C102H114N9O10P. The Balaban J connectivity index is 0.000000160. The summed E-state index contributed by atoms with van der Waals surface area (Å²) in [6.45, 7) is 14.9. The number of phenolic OH excluding ortho intramolecular Hbond substituents is 3. The molecule has 0 amide bonds. The van der Waals surface area contributed by atoms with E-state index in [4.69, 9.17) is 24.4 Å². The molecule has 15 rings (SSSR count). The fourth-order valence-corrected chi connectivity index (χ4v) is 18.0. The average Bonchev–Trinajstić information content (AvgIpc) is 1.41. The smallest absolute Gasteiger partial charge is 0.356 e. The number of imidazole rings is 3. The Labute approximate surface area is 717 Å². The van der Waals surface area contributed by atoms with Gasteiger partial charge in [0.25, 0.3) is 5.91 Å². The van der Waals surface area contributed by atoms with Gasteiger partial charge >= 0.3 is 7.60 Å². The normalized spacial score (nSPS) is 13.6. The van der Waals surface area contributed by atoms with E-state index in [1.807, 2.05) is 86.8 Å². The number of ether oxygens (including phenoxy) is 2. The molecule has 0 radical (unpaired) electrons. The minimum Gasteiger partial charge on any atom is -0.507 e. The number of nitrogens with one attached hydrogen (secondary N) is 1. The number of aryl methyl sites for hydroxylation is 4. The summed E-state index contributed by atoms with van der Waals surface area (Å²) in [4.78, 5) is 71.1. The summed E-state index contributed by atoms with van der Waals surface area (Å²) in [5, 5.41) is 33.8. The van der Waals surface area contributed by atoms with Gasteiger partial charge in [-0.2, -0.15) is 0 Å². The van der Waals surface area contributed by atoms with Crippen LogP contribution in [0.4, 0.5) is 17.1 Å². The number of aromatic hydroxyl groups is 3. The van der Waals surface area contributed by atoms with Gasteiger partial charge in [0.2, 0.25) is 5.75 Å². The van der Waals surface area contributed by atoms with Crippen LogP contribution in [0.2, 0.25) is 0 Å². The first-order valence-corrected chi connectivity index (χ1v) is 44.1. The zero-order valence-corrected chi connectivity index (χ0v) is 73.4. The molecule has 2 saturated carbocycles. The van der Waals surface area contributed by atoms with Gasteiger partial charge in [-0.3, -0.25) is 18.7 Å². The quantitative estimate of drug-likeness (QED) is 0.0230. The summed E-state index contributed by atoms with van der Waals surface area (Å²) in [7, 11) is 8.58. The predicted molar refractivity (Wildman–Crippen MR) is 495 cm³/mol. The number of phenols is 3. The molecule has 0 unspecified atom stereocenters. The van der Waals surface area contributed by atoms with Gasteiger partial charge in [-0.25, -0.2) is 15.0 Å². The topological polar surface area (TPSA) is 245 Å². The molecule has 2 aliphatic rings. The lowest BCUT2D eigenvalue weighted by molar-refractivity contribution is 0.0963. The van der Waals surface area contributed by atoms with E-state index in [2.05, 4.69) is 170 Å². The van der Waals surface area contributed by atoms with E-state index in [0.29, 0.717) is 86.5 Å². The predicted octanol–water partition coefficient (Wildman–Crippen LogP) is 21.8. The molecular weight excluding hydrogens is 1540 g/mol. The van der Waals surface area contributed by atoms with Crippen LogP contribution in [0.1, 0.15) is 160 Å². The van der Waals surface area contributed by atoms with Crippen molar-refractivity contribution in [1.82, 2.24) is 29.1 Å². The van der Waals surface area contributed by atoms with Gasteiger partial charge in [0, 0.05) is 138 Å². The first kappa shape index (κ1) is 87.5. The highest BCUT2D eigenvalue weighted by Crippen LogP contribution is 2.52. The van der Waals surface area contributed by atoms with Crippen LogP contribution in [0.15, 0.2) is 218 Å². The monoisotopic (exact) mass is 1660 g/mol. The van der Waals surface area contributed by atoms with Crippen molar-refractivity contribution in [2.24, 2.45) is 7.05 Å². The number of carbonyl (C=O) groups excluding carboxylic acids is 2. The number of H-pyrrole nitrogens is 1. The van der Waals surface area contributed by atoms with Crippen molar-refractivity contribution in [3.05, 3.63) is 263 Å². The van der Waals surface area contributed by atoms with Crippen LogP contribution in [-0.4, -0.2) is 122 Å². The van der Waals surface area contributed by atoms with Gasteiger partial charge in [-0.1, -0.05) is 181 Å². The Morgan fingerprint density at radius 2 is 0.984 bits per heavy atom. The molecule has 0 saturated heterocycles. The van der Waals surface area contributed by atoms with Crippen molar-refractivity contribution in [3.8, 4) is 119 Å². The number of hydrogen-bond donors (Lipinski definition) is 6. The highest BCUT2D eigenvalue weighted by Gasteiger charge is 2.39. The van der Waals surface area contributed by atoms with Gasteiger partial charge in [0.15, 0.2) is 11.5 Å². The zero-order valence-electron chi connectivity index (χ0n) is 72.5. The molecule has 0 atom stereocenters. The fourth-order valence-electron chi connectivity index (χ4n) is 17.4. The Morgan fingerprint density at radius 1 is 0.500 bits per heavy atom. The number of rotatable bonds is 25. The third-order valence-electron chi connectivity index (χ3n) is 24.4. The first-order valence-electron chi connectivity index (χ1n) is 42.5. The number of nitrogens with zero attached hydrogens (tertiary/aromatic N) is 8. The summed E-state index contributed by atoms with van der Waals surface area (Å²) in [6, 6.07) is 69.7. The van der Waals surface area contributed by atoms with Crippen molar-refractivity contribution in [2.75, 3.05) is 70.2 Å². The number of carbonyl (C=O) groups is 2. The summed E-state index contributed by atoms with van der Waals surface area (Å²) in [6.07, 6.45) is 15.2. The molecule has 0 bridgehead atoms. The highest BCUT2D eigenvalue weighted by atomic mass is 31.2. The van der Waals surface area contributed by atoms with Crippen molar-refractivity contribution in [2.45, 2.75) is 142 Å². The van der Waals surface area contributed by atoms with Crippen LogP contribution in [0, 0.1) is 0 Å². The lowest BCUT2D eigenvalue weighted by atomic mass is 9.66. The molecule has 6 N–H and O–H groups in total. The Morgan fingerprint density at radius 3 is 1.49 bits per heavy atom.